The second kappa shape index (κ2) is 12.9. The third kappa shape index (κ3) is 4.99. The van der Waals surface area contributed by atoms with Crippen LogP contribution in [0.3, 0.4) is 0 Å². The van der Waals surface area contributed by atoms with E-state index in [4.69, 9.17) is 0 Å². The zero-order valence-corrected chi connectivity index (χ0v) is 31.7. The van der Waals surface area contributed by atoms with Crippen LogP contribution in [0.25, 0.3) is 110 Å². The minimum Gasteiger partial charge on any atom is -0.309 e. The van der Waals surface area contributed by atoms with Gasteiger partial charge in [-0.2, -0.15) is 0 Å². The molecule has 10 aromatic carbocycles. The van der Waals surface area contributed by atoms with Crippen LogP contribution in [-0.4, -0.2) is 9.13 Å². The molecule has 58 heavy (non-hydrogen) atoms. The molecule has 12 rings (SSSR count). The molecule has 0 saturated carbocycles. The maximum atomic E-state index is 2.48. The van der Waals surface area contributed by atoms with Crippen LogP contribution in [0, 0.1) is 0 Å². The summed E-state index contributed by atoms with van der Waals surface area (Å²) in [6.45, 7) is 0. The quantitative estimate of drug-likeness (QED) is 0.156. The zero-order valence-electron chi connectivity index (χ0n) is 31.7. The summed E-state index contributed by atoms with van der Waals surface area (Å²) in [5.41, 5.74) is 14.3. The molecule has 0 aliphatic rings. The Balaban J connectivity index is 1.08. The van der Waals surface area contributed by atoms with Crippen LogP contribution >= 0.6 is 0 Å². The number of hydrogen-bond donors (Lipinski definition) is 0. The second-order valence-corrected chi connectivity index (χ2v) is 15.3. The summed E-state index contributed by atoms with van der Waals surface area (Å²) < 4.78 is 4.92. The predicted octanol–water partition coefficient (Wildman–Crippen LogP) is 15.2. The van der Waals surface area contributed by atoms with E-state index < -0.39 is 0 Å². The number of benzene rings is 10. The molecule has 0 aliphatic carbocycles. The lowest BCUT2D eigenvalue weighted by atomic mass is 9.92. The summed E-state index contributed by atoms with van der Waals surface area (Å²) in [4.78, 5) is 0. The maximum Gasteiger partial charge on any atom is 0.0547 e. The van der Waals surface area contributed by atoms with Crippen molar-refractivity contribution in [2.24, 2.45) is 0 Å². The van der Waals surface area contributed by atoms with Gasteiger partial charge in [-0.3, -0.25) is 0 Å². The first-order valence-electron chi connectivity index (χ1n) is 20.0. The Morgan fingerprint density at radius 2 is 0.759 bits per heavy atom. The van der Waals surface area contributed by atoms with Crippen LogP contribution in [0.5, 0.6) is 0 Å². The summed E-state index contributed by atoms with van der Waals surface area (Å²) in [6.07, 6.45) is 0. The molecule has 0 radical (unpaired) electrons. The van der Waals surface area contributed by atoms with Crippen molar-refractivity contribution in [3.05, 3.63) is 218 Å². The van der Waals surface area contributed by atoms with Gasteiger partial charge in [0.2, 0.25) is 0 Å². The number of para-hydroxylation sites is 3. The minimum absolute atomic E-state index is 1.15. The molecule has 0 unspecified atom stereocenters. The van der Waals surface area contributed by atoms with E-state index in [1.54, 1.807) is 0 Å². The van der Waals surface area contributed by atoms with Crippen LogP contribution in [0.2, 0.25) is 0 Å². The summed E-state index contributed by atoms with van der Waals surface area (Å²) in [5, 5.41) is 10.0. The van der Waals surface area contributed by atoms with Crippen molar-refractivity contribution in [3.8, 4) is 44.8 Å². The molecule has 12 aromatic rings. The molecule has 0 aliphatic heterocycles. The first-order valence-corrected chi connectivity index (χ1v) is 20.0. The van der Waals surface area contributed by atoms with Gasteiger partial charge in [-0.05, 0) is 97.9 Å². The standard InChI is InChI=1S/C56H36N2/c1-2-15-37(16-3-1)38-18-14-19-42(33-38)57-52-26-11-8-23-46(52)49-31-29-39(35-55(49)57)40-30-32-50-47-24-9-12-27-53(47)58(56(50)36-40)54-28-13-10-25-48(54)51-34-41-17-4-5-20-43(41)44-21-6-7-22-45(44)51/h1-36H. The van der Waals surface area contributed by atoms with Crippen molar-refractivity contribution < 1.29 is 0 Å². The molecule has 0 bridgehead atoms. The van der Waals surface area contributed by atoms with Gasteiger partial charge in [-0.25, -0.2) is 0 Å². The molecule has 2 nitrogen and oxygen atoms in total. The van der Waals surface area contributed by atoms with Gasteiger partial charge in [0, 0.05) is 32.8 Å². The average molecular weight is 737 g/mol. The van der Waals surface area contributed by atoms with Crippen LogP contribution in [0.1, 0.15) is 0 Å². The largest absolute Gasteiger partial charge is 0.309 e. The Bertz CT molecular complexity index is 3570. The summed E-state index contributed by atoms with van der Waals surface area (Å²) in [5.74, 6) is 0. The van der Waals surface area contributed by atoms with E-state index in [2.05, 4.69) is 228 Å². The third-order valence-electron chi connectivity index (χ3n) is 12.1. The van der Waals surface area contributed by atoms with Gasteiger partial charge in [0.15, 0.2) is 0 Å². The monoisotopic (exact) mass is 736 g/mol. The van der Waals surface area contributed by atoms with E-state index >= 15 is 0 Å². The number of hydrogen-bond acceptors (Lipinski definition) is 0. The Morgan fingerprint density at radius 1 is 0.241 bits per heavy atom. The van der Waals surface area contributed by atoms with Crippen LogP contribution < -0.4 is 0 Å². The van der Waals surface area contributed by atoms with Crippen molar-refractivity contribution in [1.82, 2.24) is 9.13 Å². The minimum atomic E-state index is 1.15. The number of fused-ring (bicyclic) bond motifs is 9. The van der Waals surface area contributed by atoms with Crippen molar-refractivity contribution in [1.29, 1.82) is 0 Å². The normalized spacial score (nSPS) is 11.8. The average Bonchev–Trinajstić information content (AvgIpc) is 3.81. The van der Waals surface area contributed by atoms with Crippen LogP contribution in [0.15, 0.2) is 218 Å². The number of nitrogens with zero attached hydrogens (tertiary/aromatic N) is 2. The van der Waals surface area contributed by atoms with E-state index in [1.165, 1.54) is 104 Å². The first-order chi connectivity index (χ1) is 28.8. The highest BCUT2D eigenvalue weighted by Crippen LogP contribution is 2.42. The molecule has 0 spiro atoms. The molecule has 2 heteroatoms. The molecule has 0 amide bonds. The molecular weight excluding hydrogens is 701 g/mol. The van der Waals surface area contributed by atoms with Crippen molar-refractivity contribution >= 4 is 65.2 Å². The van der Waals surface area contributed by atoms with Crippen molar-refractivity contribution in [3.63, 3.8) is 0 Å². The Labute approximate surface area is 336 Å². The van der Waals surface area contributed by atoms with E-state index in [-0.39, 0.29) is 0 Å². The van der Waals surface area contributed by atoms with Crippen molar-refractivity contribution in [2.45, 2.75) is 0 Å². The van der Waals surface area contributed by atoms with Gasteiger partial charge < -0.3 is 9.13 Å². The Morgan fingerprint density at radius 3 is 1.50 bits per heavy atom. The fourth-order valence-corrected chi connectivity index (χ4v) is 9.47. The topological polar surface area (TPSA) is 9.86 Å². The van der Waals surface area contributed by atoms with E-state index in [0.29, 0.717) is 0 Å². The lowest BCUT2D eigenvalue weighted by molar-refractivity contribution is 1.18. The third-order valence-corrected chi connectivity index (χ3v) is 12.1. The van der Waals surface area contributed by atoms with Crippen LogP contribution in [0.4, 0.5) is 0 Å². The fourth-order valence-electron chi connectivity index (χ4n) is 9.47. The smallest absolute Gasteiger partial charge is 0.0547 e. The maximum absolute atomic E-state index is 2.48. The zero-order chi connectivity index (χ0) is 38.2. The lowest BCUT2D eigenvalue weighted by Gasteiger charge is -2.17. The molecule has 0 fully saturated rings. The van der Waals surface area contributed by atoms with E-state index in [1.807, 2.05) is 0 Å². The molecular formula is C56H36N2. The van der Waals surface area contributed by atoms with E-state index in [9.17, 15) is 0 Å². The second-order valence-electron chi connectivity index (χ2n) is 15.3. The molecule has 2 aromatic heterocycles. The molecule has 270 valence electrons. The molecule has 2 heterocycles. The van der Waals surface area contributed by atoms with Gasteiger partial charge >= 0.3 is 0 Å². The number of aromatic nitrogens is 2. The SMILES string of the molecule is c1ccc(-c2cccc(-n3c4ccccc4c4ccc(-c5ccc6c7ccccc7n(-c7ccccc7-c7cc8ccccc8c8ccccc78)c6c5)cc43)c2)cc1. The highest BCUT2D eigenvalue weighted by molar-refractivity contribution is 6.16. The molecule has 0 atom stereocenters. The van der Waals surface area contributed by atoms with Crippen molar-refractivity contribution in [2.75, 3.05) is 0 Å². The first kappa shape index (κ1) is 32.6. The highest BCUT2D eigenvalue weighted by Gasteiger charge is 2.19. The van der Waals surface area contributed by atoms with Gasteiger partial charge in [-0.15, -0.1) is 0 Å². The Hall–Kier alpha value is -7.68. The van der Waals surface area contributed by atoms with Gasteiger partial charge in [-0.1, -0.05) is 170 Å². The van der Waals surface area contributed by atoms with Crippen LogP contribution in [-0.2, 0) is 0 Å². The predicted molar refractivity (Wildman–Crippen MR) is 246 cm³/mol. The highest BCUT2D eigenvalue weighted by atomic mass is 15.0. The van der Waals surface area contributed by atoms with Gasteiger partial charge in [0.1, 0.15) is 0 Å². The summed E-state index contributed by atoms with van der Waals surface area (Å²) >= 11 is 0. The van der Waals surface area contributed by atoms with Gasteiger partial charge in [0.25, 0.3) is 0 Å². The summed E-state index contributed by atoms with van der Waals surface area (Å²) in [7, 11) is 0. The number of rotatable bonds is 5. The molecule has 0 N–H and O–H groups in total. The van der Waals surface area contributed by atoms with E-state index in [0.717, 1.165) is 5.69 Å². The summed E-state index contributed by atoms with van der Waals surface area (Å²) in [6, 6.07) is 80.1. The lowest BCUT2D eigenvalue weighted by Crippen LogP contribution is -1.98. The van der Waals surface area contributed by atoms with Gasteiger partial charge in [0.05, 0.1) is 27.8 Å². The fraction of sp³-hybridized carbons (Fsp3) is 0. The molecule has 0 saturated heterocycles. The Kier molecular flexibility index (Phi) is 7.26.